The van der Waals surface area contributed by atoms with E-state index in [9.17, 15) is 0 Å². The Kier molecular flexibility index (Phi) is 2.97. The van der Waals surface area contributed by atoms with Crippen LogP contribution in [0, 0.1) is 0 Å². The van der Waals surface area contributed by atoms with Crippen LogP contribution in [0.5, 0.6) is 0 Å². The smallest absolute Gasteiger partial charge is 0.0326 e. The molecule has 0 saturated carbocycles. The first-order valence-corrected chi connectivity index (χ1v) is 7.46. The van der Waals surface area contributed by atoms with Crippen molar-refractivity contribution in [2.75, 3.05) is 6.54 Å². The van der Waals surface area contributed by atoms with Gasteiger partial charge in [0.1, 0.15) is 0 Å². The summed E-state index contributed by atoms with van der Waals surface area (Å²) in [5.74, 6) is 0. The lowest BCUT2D eigenvalue weighted by Crippen LogP contribution is -2.22. The second kappa shape index (κ2) is 4.38. The summed E-state index contributed by atoms with van der Waals surface area (Å²) in [6.45, 7) is 8.24. The summed E-state index contributed by atoms with van der Waals surface area (Å²) >= 11 is 0. The van der Waals surface area contributed by atoms with E-state index in [0.29, 0.717) is 6.04 Å². The van der Waals surface area contributed by atoms with Crippen LogP contribution in [0.4, 0.5) is 0 Å². The third kappa shape index (κ3) is 1.99. The second-order valence-corrected chi connectivity index (χ2v) is 6.92. The second-order valence-electron chi connectivity index (χ2n) is 6.92. The molecule has 3 rings (SSSR count). The van der Waals surface area contributed by atoms with Gasteiger partial charge in [-0.3, -0.25) is 0 Å². The van der Waals surface area contributed by atoms with Gasteiger partial charge in [0.15, 0.2) is 0 Å². The molecule has 1 aliphatic heterocycles. The quantitative estimate of drug-likeness (QED) is 0.789. The average Bonchev–Trinajstić information content (AvgIpc) is 2.97. The molecule has 1 unspecified atom stereocenters. The highest BCUT2D eigenvalue weighted by atomic mass is 14.9. The van der Waals surface area contributed by atoms with E-state index in [2.05, 4.69) is 38.2 Å². The Hall–Kier alpha value is -0.820. The fourth-order valence-corrected chi connectivity index (χ4v) is 3.68. The zero-order chi connectivity index (χ0) is 12.8. The zero-order valence-corrected chi connectivity index (χ0v) is 12.0. The molecule has 2 aliphatic rings. The van der Waals surface area contributed by atoms with Crippen LogP contribution >= 0.6 is 0 Å². The average molecular weight is 243 g/mol. The van der Waals surface area contributed by atoms with Gasteiger partial charge in [0.05, 0.1) is 0 Å². The van der Waals surface area contributed by atoms with Crippen molar-refractivity contribution in [3.05, 3.63) is 34.4 Å². The highest BCUT2D eigenvalue weighted by Gasteiger charge is 2.29. The summed E-state index contributed by atoms with van der Waals surface area (Å²) in [6, 6.07) is 5.41. The summed E-state index contributed by atoms with van der Waals surface area (Å²) in [5.41, 5.74) is 6.79. The first-order chi connectivity index (χ1) is 8.57. The molecule has 98 valence electrons. The summed E-state index contributed by atoms with van der Waals surface area (Å²) < 4.78 is 0. The van der Waals surface area contributed by atoms with Crippen LogP contribution in [0.15, 0.2) is 12.1 Å². The lowest BCUT2D eigenvalue weighted by Gasteiger charge is -2.28. The Morgan fingerprint density at radius 2 is 1.94 bits per heavy atom. The minimum Gasteiger partial charge on any atom is -0.310 e. The molecule has 1 saturated heterocycles. The molecular weight excluding hydrogens is 218 g/mol. The molecule has 0 amide bonds. The summed E-state index contributed by atoms with van der Waals surface area (Å²) in [6.07, 6.45) is 6.59. The molecule has 0 spiro atoms. The highest BCUT2D eigenvalue weighted by molar-refractivity contribution is 5.48. The van der Waals surface area contributed by atoms with Gasteiger partial charge in [-0.05, 0) is 66.3 Å². The normalized spacial score (nSPS) is 23.4. The Balaban J connectivity index is 2.14. The van der Waals surface area contributed by atoms with Crippen molar-refractivity contribution in [1.29, 1.82) is 0 Å². The largest absolute Gasteiger partial charge is 0.310 e. The van der Waals surface area contributed by atoms with Crippen molar-refractivity contribution >= 4 is 0 Å². The van der Waals surface area contributed by atoms with Crippen molar-refractivity contribution in [2.45, 2.75) is 64.3 Å². The number of aryl methyl sites for hydroxylation is 1. The minimum absolute atomic E-state index is 0.261. The molecule has 1 atom stereocenters. The van der Waals surface area contributed by atoms with E-state index in [0.717, 1.165) is 0 Å². The molecule has 1 heteroatoms. The number of hydrogen-bond acceptors (Lipinski definition) is 1. The van der Waals surface area contributed by atoms with Gasteiger partial charge in [0, 0.05) is 6.04 Å². The fourth-order valence-electron chi connectivity index (χ4n) is 3.68. The van der Waals surface area contributed by atoms with Gasteiger partial charge in [-0.2, -0.15) is 0 Å². The summed E-state index contributed by atoms with van der Waals surface area (Å²) in [5, 5.41) is 3.72. The maximum absolute atomic E-state index is 3.72. The van der Waals surface area contributed by atoms with Gasteiger partial charge in [-0.25, -0.2) is 0 Å². The zero-order valence-electron chi connectivity index (χ0n) is 12.0. The third-order valence-electron chi connectivity index (χ3n) is 4.54. The van der Waals surface area contributed by atoms with E-state index in [1.807, 2.05) is 0 Å². The molecular formula is C17H25N. The molecule has 1 heterocycles. The lowest BCUT2D eigenvalue weighted by atomic mass is 9.78. The van der Waals surface area contributed by atoms with Gasteiger partial charge in [-0.1, -0.05) is 32.9 Å². The molecule has 18 heavy (non-hydrogen) atoms. The molecule has 1 N–H and O–H groups in total. The molecule has 1 nitrogen and oxygen atoms in total. The van der Waals surface area contributed by atoms with Crippen molar-refractivity contribution in [3.8, 4) is 0 Å². The SMILES string of the molecule is CC(C)(C)c1ccc2c(c1C1CCCN1)CCC2. The van der Waals surface area contributed by atoms with Gasteiger partial charge in [-0.15, -0.1) is 0 Å². The molecule has 0 aromatic heterocycles. The lowest BCUT2D eigenvalue weighted by molar-refractivity contribution is 0.553. The van der Waals surface area contributed by atoms with Gasteiger partial charge in [0.2, 0.25) is 0 Å². The van der Waals surface area contributed by atoms with E-state index in [4.69, 9.17) is 0 Å². The maximum Gasteiger partial charge on any atom is 0.0326 e. The molecule has 0 radical (unpaired) electrons. The first-order valence-electron chi connectivity index (χ1n) is 7.46. The monoisotopic (exact) mass is 243 g/mol. The van der Waals surface area contributed by atoms with Crippen LogP contribution < -0.4 is 5.32 Å². The number of rotatable bonds is 1. The highest BCUT2D eigenvalue weighted by Crippen LogP contribution is 2.39. The Morgan fingerprint density at radius 3 is 2.61 bits per heavy atom. The van der Waals surface area contributed by atoms with Crippen LogP contribution in [-0.2, 0) is 18.3 Å². The van der Waals surface area contributed by atoms with Gasteiger partial charge in [0.25, 0.3) is 0 Å². The van der Waals surface area contributed by atoms with E-state index < -0.39 is 0 Å². The third-order valence-corrected chi connectivity index (χ3v) is 4.54. The molecule has 1 aromatic rings. The van der Waals surface area contributed by atoms with E-state index in [-0.39, 0.29) is 5.41 Å². The molecule has 1 aromatic carbocycles. The van der Waals surface area contributed by atoms with Gasteiger partial charge < -0.3 is 5.32 Å². The van der Waals surface area contributed by atoms with Crippen LogP contribution in [0.3, 0.4) is 0 Å². The number of fused-ring (bicyclic) bond motifs is 1. The fraction of sp³-hybridized carbons (Fsp3) is 0.647. The van der Waals surface area contributed by atoms with Gasteiger partial charge >= 0.3 is 0 Å². The first kappa shape index (κ1) is 12.2. The van der Waals surface area contributed by atoms with E-state index in [1.165, 1.54) is 38.6 Å². The predicted molar refractivity (Wildman–Crippen MR) is 77.1 cm³/mol. The van der Waals surface area contributed by atoms with Crippen LogP contribution in [0.2, 0.25) is 0 Å². The topological polar surface area (TPSA) is 12.0 Å². The maximum atomic E-state index is 3.72. The Morgan fingerprint density at radius 1 is 1.11 bits per heavy atom. The standard InChI is InChI=1S/C17H25N/c1-17(2,3)14-10-9-12-6-4-7-13(12)16(14)15-8-5-11-18-15/h9-10,15,18H,4-8,11H2,1-3H3. The predicted octanol–water partition coefficient (Wildman–Crippen LogP) is 3.90. The molecule has 0 bridgehead atoms. The Labute approximate surface area is 111 Å². The van der Waals surface area contributed by atoms with E-state index in [1.54, 1.807) is 22.3 Å². The number of hydrogen-bond donors (Lipinski definition) is 1. The van der Waals surface area contributed by atoms with Crippen LogP contribution in [-0.4, -0.2) is 6.54 Å². The van der Waals surface area contributed by atoms with Crippen molar-refractivity contribution in [3.63, 3.8) is 0 Å². The molecule has 1 fully saturated rings. The van der Waals surface area contributed by atoms with Crippen molar-refractivity contribution in [1.82, 2.24) is 5.32 Å². The Bertz CT molecular complexity index is 447. The minimum atomic E-state index is 0.261. The summed E-state index contributed by atoms with van der Waals surface area (Å²) in [7, 11) is 0. The van der Waals surface area contributed by atoms with E-state index >= 15 is 0 Å². The van der Waals surface area contributed by atoms with Crippen LogP contribution in [0.1, 0.15) is 68.3 Å². The van der Waals surface area contributed by atoms with Crippen molar-refractivity contribution in [2.24, 2.45) is 0 Å². The summed E-state index contributed by atoms with van der Waals surface area (Å²) in [4.78, 5) is 0. The van der Waals surface area contributed by atoms with Crippen LogP contribution in [0.25, 0.3) is 0 Å². The molecule has 1 aliphatic carbocycles. The van der Waals surface area contributed by atoms with Crippen molar-refractivity contribution < 1.29 is 0 Å². The number of benzene rings is 1. The number of nitrogens with one attached hydrogen (secondary N) is 1.